The van der Waals surface area contributed by atoms with Gasteiger partial charge in [0.2, 0.25) is 0 Å². The summed E-state index contributed by atoms with van der Waals surface area (Å²) in [7, 11) is 0. The van der Waals surface area contributed by atoms with Gasteiger partial charge in [0.25, 0.3) is 0 Å². The molecule has 19 heavy (non-hydrogen) atoms. The van der Waals surface area contributed by atoms with Crippen LogP contribution in [0.1, 0.15) is 16.7 Å². The molecule has 0 spiro atoms. The van der Waals surface area contributed by atoms with Gasteiger partial charge in [0.15, 0.2) is 0 Å². The maximum Gasteiger partial charge on any atom is 0.140 e. The van der Waals surface area contributed by atoms with Crippen molar-refractivity contribution in [2.45, 2.75) is 6.10 Å². The minimum atomic E-state index is 0.129. The van der Waals surface area contributed by atoms with E-state index in [1.165, 1.54) is 4.88 Å². The molecule has 0 N–H and O–H groups in total. The third-order valence-electron chi connectivity index (χ3n) is 3.15. The number of thiophene rings is 1. The fourth-order valence-corrected chi connectivity index (χ4v) is 2.94. The molecular formula is C14H13N3OS. The first-order chi connectivity index (χ1) is 9.36. The van der Waals surface area contributed by atoms with Gasteiger partial charge >= 0.3 is 0 Å². The van der Waals surface area contributed by atoms with E-state index in [9.17, 15) is 0 Å². The van der Waals surface area contributed by atoms with Crippen LogP contribution in [0.25, 0.3) is 0 Å². The molecule has 3 rings (SSSR count). The Morgan fingerprint density at radius 1 is 1.42 bits per heavy atom. The molecule has 1 aliphatic heterocycles. The first-order valence-corrected chi connectivity index (χ1v) is 7.01. The van der Waals surface area contributed by atoms with Crippen molar-refractivity contribution >= 4 is 17.0 Å². The number of morpholine rings is 1. The number of ether oxygens (including phenoxy) is 1. The normalized spacial score (nSPS) is 19.1. The second-order valence-corrected chi connectivity index (χ2v) is 5.31. The molecule has 0 aliphatic carbocycles. The van der Waals surface area contributed by atoms with Gasteiger partial charge < -0.3 is 9.64 Å². The summed E-state index contributed by atoms with van der Waals surface area (Å²) in [5.74, 6) is 0. The van der Waals surface area contributed by atoms with E-state index >= 15 is 0 Å². The molecule has 5 heteroatoms. The number of nitrogens with zero attached hydrogens (tertiary/aromatic N) is 3. The van der Waals surface area contributed by atoms with Crippen molar-refractivity contribution < 1.29 is 4.74 Å². The van der Waals surface area contributed by atoms with Crippen LogP contribution in [0.15, 0.2) is 35.8 Å². The Kier molecular flexibility index (Phi) is 3.45. The van der Waals surface area contributed by atoms with Crippen molar-refractivity contribution in [3.8, 4) is 6.07 Å². The van der Waals surface area contributed by atoms with Gasteiger partial charge in [-0.15, -0.1) is 11.3 Å². The zero-order chi connectivity index (χ0) is 13.1. The molecule has 4 nitrogen and oxygen atoms in total. The summed E-state index contributed by atoms with van der Waals surface area (Å²) in [5, 5.41) is 10.8. The van der Waals surface area contributed by atoms with E-state index in [-0.39, 0.29) is 6.10 Å². The minimum absolute atomic E-state index is 0.129. The van der Waals surface area contributed by atoms with Crippen LogP contribution in [-0.2, 0) is 4.74 Å². The van der Waals surface area contributed by atoms with Crippen molar-refractivity contribution in [1.29, 1.82) is 5.26 Å². The van der Waals surface area contributed by atoms with Crippen molar-refractivity contribution in [3.63, 3.8) is 0 Å². The Labute approximate surface area is 115 Å². The zero-order valence-corrected chi connectivity index (χ0v) is 11.1. The predicted molar refractivity (Wildman–Crippen MR) is 74.2 cm³/mol. The molecule has 1 fully saturated rings. The lowest BCUT2D eigenvalue weighted by Crippen LogP contribution is -2.38. The standard InChI is InChI=1S/C14H13N3OS/c15-8-11-3-4-12(9-16-11)17-5-6-18-13(10-17)14-2-1-7-19-14/h1-4,7,9,13H,5-6,10H2/t13-/m1/s1. The fraction of sp³-hybridized carbons (Fsp3) is 0.286. The zero-order valence-electron chi connectivity index (χ0n) is 10.3. The molecule has 0 aromatic carbocycles. The number of aromatic nitrogens is 1. The van der Waals surface area contributed by atoms with Crippen LogP contribution in [0.2, 0.25) is 0 Å². The summed E-state index contributed by atoms with van der Waals surface area (Å²) in [4.78, 5) is 7.63. The van der Waals surface area contributed by atoms with Crippen LogP contribution in [0.5, 0.6) is 0 Å². The molecular weight excluding hydrogens is 258 g/mol. The van der Waals surface area contributed by atoms with Gasteiger partial charge in [-0.2, -0.15) is 5.26 Å². The summed E-state index contributed by atoms with van der Waals surface area (Å²) < 4.78 is 5.81. The van der Waals surface area contributed by atoms with Crippen molar-refractivity contribution in [2.75, 3.05) is 24.6 Å². The van der Waals surface area contributed by atoms with Gasteiger partial charge in [-0.05, 0) is 23.6 Å². The molecule has 1 saturated heterocycles. The average Bonchev–Trinajstić information content (AvgIpc) is 3.02. The lowest BCUT2D eigenvalue weighted by molar-refractivity contribution is 0.0421. The molecule has 0 radical (unpaired) electrons. The number of rotatable bonds is 2. The number of pyridine rings is 1. The van der Waals surface area contributed by atoms with E-state index in [1.54, 1.807) is 23.6 Å². The lowest BCUT2D eigenvalue weighted by atomic mass is 10.2. The summed E-state index contributed by atoms with van der Waals surface area (Å²) >= 11 is 1.72. The van der Waals surface area contributed by atoms with Crippen LogP contribution in [0.4, 0.5) is 5.69 Å². The third kappa shape index (κ3) is 2.60. The number of hydrogen-bond acceptors (Lipinski definition) is 5. The Morgan fingerprint density at radius 3 is 3.05 bits per heavy atom. The largest absolute Gasteiger partial charge is 0.369 e. The Morgan fingerprint density at radius 2 is 2.37 bits per heavy atom. The van der Waals surface area contributed by atoms with Gasteiger partial charge in [-0.1, -0.05) is 6.07 Å². The Balaban J connectivity index is 1.76. The SMILES string of the molecule is N#Cc1ccc(N2CCO[C@@H](c3cccs3)C2)cn1. The monoisotopic (exact) mass is 271 g/mol. The summed E-state index contributed by atoms with van der Waals surface area (Å²) in [6.45, 7) is 2.39. The summed E-state index contributed by atoms with van der Waals surface area (Å²) in [6.07, 6.45) is 1.89. The highest BCUT2D eigenvalue weighted by atomic mass is 32.1. The highest BCUT2D eigenvalue weighted by Crippen LogP contribution is 2.28. The molecule has 96 valence electrons. The van der Waals surface area contributed by atoms with Crippen molar-refractivity contribution in [3.05, 3.63) is 46.4 Å². The van der Waals surface area contributed by atoms with Gasteiger partial charge in [0, 0.05) is 18.0 Å². The molecule has 2 aromatic rings. The Hall–Kier alpha value is -1.90. The van der Waals surface area contributed by atoms with Crippen LogP contribution < -0.4 is 4.90 Å². The number of anilines is 1. The Bertz CT molecular complexity index is 574. The molecule has 0 saturated carbocycles. The van der Waals surface area contributed by atoms with Gasteiger partial charge in [0.1, 0.15) is 17.9 Å². The second-order valence-electron chi connectivity index (χ2n) is 4.33. The van der Waals surface area contributed by atoms with Crippen LogP contribution in [0.3, 0.4) is 0 Å². The third-order valence-corrected chi connectivity index (χ3v) is 4.12. The fourth-order valence-electron chi connectivity index (χ4n) is 2.17. The number of hydrogen-bond donors (Lipinski definition) is 0. The van der Waals surface area contributed by atoms with E-state index < -0.39 is 0 Å². The van der Waals surface area contributed by atoms with Crippen molar-refractivity contribution in [2.24, 2.45) is 0 Å². The first-order valence-electron chi connectivity index (χ1n) is 6.13. The van der Waals surface area contributed by atoms with Gasteiger partial charge in [-0.3, -0.25) is 0 Å². The summed E-state index contributed by atoms with van der Waals surface area (Å²) in [6, 6.07) is 9.89. The number of nitriles is 1. The summed E-state index contributed by atoms with van der Waals surface area (Å²) in [5.41, 5.74) is 1.50. The second kappa shape index (κ2) is 5.39. The van der Waals surface area contributed by atoms with E-state index in [4.69, 9.17) is 10.00 Å². The maximum absolute atomic E-state index is 8.76. The topological polar surface area (TPSA) is 49.2 Å². The van der Waals surface area contributed by atoms with Gasteiger partial charge in [-0.25, -0.2) is 4.98 Å². The van der Waals surface area contributed by atoms with Crippen LogP contribution in [-0.4, -0.2) is 24.7 Å². The molecule has 0 bridgehead atoms. The van der Waals surface area contributed by atoms with Crippen molar-refractivity contribution in [1.82, 2.24) is 4.98 Å². The van der Waals surface area contributed by atoms with Crippen LogP contribution >= 0.6 is 11.3 Å². The minimum Gasteiger partial charge on any atom is -0.369 e. The highest BCUT2D eigenvalue weighted by Gasteiger charge is 2.22. The molecule has 0 unspecified atom stereocenters. The lowest BCUT2D eigenvalue weighted by Gasteiger charge is -2.33. The smallest absolute Gasteiger partial charge is 0.140 e. The van der Waals surface area contributed by atoms with Crippen LogP contribution in [0, 0.1) is 11.3 Å². The molecule has 1 atom stereocenters. The molecule has 2 aromatic heterocycles. The maximum atomic E-state index is 8.76. The highest BCUT2D eigenvalue weighted by molar-refractivity contribution is 7.10. The molecule has 3 heterocycles. The first kappa shape index (κ1) is 12.2. The van der Waals surface area contributed by atoms with E-state index in [0.29, 0.717) is 12.3 Å². The van der Waals surface area contributed by atoms with Gasteiger partial charge in [0.05, 0.1) is 18.5 Å². The molecule has 1 aliphatic rings. The average molecular weight is 271 g/mol. The predicted octanol–water partition coefficient (Wildman–Crippen LogP) is 2.59. The van der Waals surface area contributed by atoms with E-state index in [0.717, 1.165) is 18.8 Å². The van der Waals surface area contributed by atoms with E-state index in [1.807, 2.05) is 18.2 Å². The molecule has 0 amide bonds. The quantitative estimate of drug-likeness (QED) is 0.842. The van der Waals surface area contributed by atoms with E-state index in [2.05, 4.69) is 21.3 Å².